The minimum atomic E-state index is 0.417. The van der Waals surface area contributed by atoms with Gasteiger partial charge in [0.05, 0.1) is 0 Å². The van der Waals surface area contributed by atoms with Crippen LogP contribution in [-0.2, 0) is 0 Å². The number of pyridine rings is 1. The van der Waals surface area contributed by atoms with Gasteiger partial charge >= 0.3 is 6.01 Å². The molecular formula is C18H21N3O2. The van der Waals surface area contributed by atoms with Gasteiger partial charge in [-0.1, -0.05) is 31.1 Å². The van der Waals surface area contributed by atoms with E-state index in [1.165, 1.54) is 11.1 Å². The molecule has 0 fully saturated rings. The summed E-state index contributed by atoms with van der Waals surface area (Å²) in [7, 11) is 0. The van der Waals surface area contributed by atoms with Gasteiger partial charge in [0, 0.05) is 6.20 Å². The van der Waals surface area contributed by atoms with E-state index in [-0.39, 0.29) is 0 Å². The number of hydrogen-bond acceptors (Lipinski definition) is 4. The highest BCUT2D eigenvalue weighted by molar-refractivity contribution is 5.38. The minimum Gasteiger partial charge on any atom is -0.490 e. The predicted octanol–water partition coefficient (Wildman–Crippen LogP) is 3.62. The van der Waals surface area contributed by atoms with E-state index in [9.17, 15) is 0 Å². The molecule has 0 amide bonds. The fraction of sp³-hybridized carbons (Fsp3) is 0.333. The summed E-state index contributed by atoms with van der Waals surface area (Å²) in [4.78, 5) is 0. The van der Waals surface area contributed by atoms with Crippen LogP contribution in [-0.4, -0.2) is 27.8 Å². The second-order valence-electron chi connectivity index (χ2n) is 5.78. The molecule has 0 aliphatic heterocycles. The third-order valence-corrected chi connectivity index (χ3v) is 3.73. The number of nitrogens with zero attached hydrogens (tertiary/aromatic N) is 3. The largest absolute Gasteiger partial charge is 0.490 e. The summed E-state index contributed by atoms with van der Waals surface area (Å²) in [5, 5.41) is 8.06. The molecule has 2 heterocycles. The lowest BCUT2D eigenvalue weighted by molar-refractivity contribution is 0.204. The molecule has 3 aromatic rings. The van der Waals surface area contributed by atoms with Gasteiger partial charge in [-0.25, -0.2) is 0 Å². The smallest absolute Gasteiger partial charge is 0.321 e. The van der Waals surface area contributed by atoms with E-state index < -0.39 is 0 Å². The van der Waals surface area contributed by atoms with Crippen molar-refractivity contribution in [2.24, 2.45) is 0 Å². The Balaban J connectivity index is 1.55. The number of fused-ring (bicyclic) bond motifs is 1. The normalized spacial score (nSPS) is 11.1. The van der Waals surface area contributed by atoms with E-state index in [4.69, 9.17) is 9.47 Å². The lowest BCUT2D eigenvalue weighted by Gasteiger charge is -2.12. The van der Waals surface area contributed by atoms with E-state index in [1.807, 2.05) is 34.9 Å². The first-order valence-corrected chi connectivity index (χ1v) is 7.81. The van der Waals surface area contributed by atoms with Crippen LogP contribution in [0.15, 0.2) is 42.6 Å². The summed E-state index contributed by atoms with van der Waals surface area (Å²) in [6, 6.07) is 12.4. The summed E-state index contributed by atoms with van der Waals surface area (Å²) >= 11 is 0. The molecule has 0 saturated carbocycles. The summed E-state index contributed by atoms with van der Waals surface area (Å²) in [5.74, 6) is 1.38. The van der Waals surface area contributed by atoms with Gasteiger partial charge in [-0.2, -0.15) is 0 Å². The summed E-state index contributed by atoms with van der Waals surface area (Å²) in [6.45, 7) is 7.38. The Hall–Kier alpha value is -2.56. The van der Waals surface area contributed by atoms with Crippen LogP contribution in [0.4, 0.5) is 0 Å². The van der Waals surface area contributed by atoms with E-state index in [0.717, 1.165) is 11.4 Å². The number of ether oxygens (including phenoxy) is 2. The van der Waals surface area contributed by atoms with E-state index in [0.29, 0.717) is 25.1 Å². The Morgan fingerprint density at radius 1 is 1.04 bits per heavy atom. The highest BCUT2D eigenvalue weighted by Crippen LogP contribution is 2.23. The van der Waals surface area contributed by atoms with Crippen molar-refractivity contribution in [3.8, 4) is 11.8 Å². The number of hydrogen-bond donors (Lipinski definition) is 0. The highest BCUT2D eigenvalue weighted by Gasteiger charge is 2.06. The molecule has 23 heavy (non-hydrogen) atoms. The lowest BCUT2D eigenvalue weighted by Crippen LogP contribution is -2.10. The van der Waals surface area contributed by atoms with Crippen LogP contribution in [0.2, 0.25) is 0 Å². The maximum absolute atomic E-state index is 5.75. The number of rotatable bonds is 6. The fourth-order valence-corrected chi connectivity index (χ4v) is 2.60. The summed E-state index contributed by atoms with van der Waals surface area (Å²) in [5.41, 5.74) is 3.37. The van der Waals surface area contributed by atoms with Crippen LogP contribution in [0, 0.1) is 6.92 Å². The number of aromatic nitrogens is 3. The molecular weight excluding hydrogens is 290 g/mol. The quantitative estimate of drug-likeness (QED) is 0.652. The third kappa shape index (κ3) is 3.44. The zero-order valence-corrected chi connectivity index (χ0v) is 13.7. The molecule has 0 saturated heterocycles. The minimum absolute atomic E-state index is 0.417. The zero-order valence-electron chi connectivity index (χ0n) is 13.7. The fourth-order valence-electron chi connectivity index (χ4n) is 2.60. The molecule has 3 rings (SSSR count). The molecule has 0 atom stereocenters. The topological polar surface area (TPSA) is 48.7 Å². The first-order chi connectivity index (χ1) is 11.1. The van der Waals surface area contributed by atoms with E-state index in [1.54, 1.807) is 0 Å². The molecule has 0 spiro atoms. The van der Waals surface area contributed by atoms with Crippen molar-refractivity contribution in [2.45, 2.75) is 26.7 Å². The van der Waals surface area contributed by atoms with Crippen LogP contribution in [0.3, 0.4) is 0 Å². The SMILES string of the molecule is Cc1cc(OCCOc2nnc3ccccn23)ccc1C(C)C. The summed E-state index contributed by atoms with van der Waals surface area (Å²) < 4.78 is 13.2. The molecule has 0 unspecified atom stereocenters. The average Bonchev–Trinajstić information content (AvgIpc) is 2.94. The van der Waals surface area contributed by atoms with Gasteiger partial charge in [-0.05, 0) is 48.2 Å². The van der Waals surface area contributed by atoms with Crippen LogP contribution in [0.1, 0.15) is 30.9 Å². The van der Waals surface area contributed by atoms with Crippen LogP contribution in [0.5, 0.6) is 11.8 Å². The number of benzene rings is 1. The monoisotopic (exact) mass is 311 g/mol. The Labute approximate surface area is 135 Å². The molecule has 0 radical (unpaired) electrons. The van der Waals surface area contributed by atoms with Gasteiger partial charge in [0.1, 0.15) is 19.0 Å². The molecule has 0 aliphatic rings. The molecule has 0 aliphatic carbocycles. The van der Waals surface area contributed by atoms with Crippen LogP contribution < -0.4 is 9.47 Å². The standard InChI is InChI=1S/C18H21N3O2/c1-13(2)16-8-7-15(12-14(16)3)22-10-11-23-18-20-19-17-6-4-5-9-21(17)18/h4-9,12-13H,10-11H2,1-3H3. The van der Waals surface area contributed by atoms with Crippen molar-refractivity contribution in [1.82, 2.24) is 14.6 Å². The first-order valence-electron chi connectivity index (χ1n) is 7.81. The second-order valence-corrected chi connectivity index (χ2v) is 5.78. The Bertz CT molecular complexity index is 796. The van der Waals surface area contributed by atoms with Crippen molar-refractivity contribution in [3.05, 3.63) is 53.7 Å². The molecule has 1 aromatic carbocycles. The molecule has 5 heteroatoms. The van der Waals surface area contributed by atoms with Gasteiger partial charge in [0.2, 0.25) is 0 Å². The van der Waals surface area contributed by atoms with E-state index >= 15 is 0 Å². The zero-order chi connectivity index (χ0) is 16.2. The maximum Gasteiger partial charge on any atom is 0.321 e. The maximum atomic E-state index is 5.75. The van der Waals surface area contributed by atoms with Crippen molar-refractivity contribution in [3.63, 3.8) is 0 Å². The number of aryl methyl sites for hydroxylation is 1. The Kier molecular flexibility index (Phi) is 4.46. The van der Waals surface area contributed by atoms with Crippen LogP contribution >= 0.6 is 0 Å². The van der Waals surface area contributed by atoms with E-state index in [2.05, 4.69) is 43.1 Å². The van der Waals surface area contributed by atoms with Gasteiger partial charge < -0.3 is 9.47 Å². The highest BCUT2D eigenvalue weighted by atomic mass is 16.5. The predicted molar refractivity (Wildman–Crippen MR) is 89.2 cm³/mol. The molecule has 5 nitrogen and oxygen atoms in total. The summed E-state index contributed by atoms with van der Waals surface area (Å²) in [6.07, 6.45) is 1.87. The van der Waals surface area contributed by atoms with Crippen molar-refractivity contribution < 1.29 is 9.47 Å². The molecule has 0 bridgehead atoms. The average molecular weight is 311 g/mol. The third-order valence-electron chi connectivity index (χ3n) is 3.73. The van der Waals surface area contributed by atoms with Gasteiger partial charge in [0.15, 0.2) is 5.65 Å². The van der Waals surface area contributed by atoms with Crippen molar-refractivity contribution in [2.75, 3.05) is 13.2 Å². The lowest BCUT2D eigenvalue weighted by atomic mass is 9.98. The first kappa shape index (κ1) is 15.3. The van der Waals surface area contributed by atoms with Gasteiger partial charge in [-0.3, -0.25) is 4.40 Å². The molecule has 2 aromatic heterocycles. The van der Waals surface area contributed by atoms with Crippen molar-refractivity contribution >= 4 is 5.65 Å². The second kappa shape index (κ2) is 6.69. The van der Waals surface area contributed by atoms with Gasteiger partial charge in [0.25, 0.3) is 0 Å². The van der Waals surface area contributed by atoms with Crippen LogP contribution in [0.25, 0.3) is 5.65 Å². The van der Waals surface area contributed by atoms with Crippen molar-refractivity contribution in [1.29, 1.82) is 0 Å². The van der Waals surface area contributed by atoms with Gasteiger partial charge in [-0.15, -0.1) is 5.10 Å². The molecule has 0 N–H and O–H groups in total. The Morgan fingerprint density at radius 3 is 2.65 bits per heavy atom. The molecule has 120 valence electrons. The Morgan fingerprint density at radius 2 is 1.87 bits per heavy atom.